The molecule has 0 atom stereocenters. The first-order chi connectivity index (χ1) is 6.86. The molecule has 0 radical (unpaired) electrons. The second-order valence-electron chi connectivity index (χ2n) is 3.37. The SMILES string of the molecule is CNCc1ccc2c(c1OC)OCC2. The molecular weight excluding hydrogens is 178 g/mol. The monoisotopic (exact) mass is 193 g/mol. The number of hydrogen-bond donors (Lipinski definition) is 1. The Labute approximate surface area is 84.0 Å². The highest BCUT2D eigenvalue weighted by Gasteiger charge is 2.19. The van der Waals surface area contributed by atoms with Crippen molar-refractivity contribution in [2.75, 3.05) is 20.8 Å². The minimum absolute atomic E-state index is 0.773. The summed E-state index contributed by atoms with van der Waals surface area (Å²) in [4.78, 5) is 0. The lowest BCUT2D eigenvalue weighted by atomic mass is 10.1. The third kappa shape index (κ3) is 1.44. The molecule has 0 saturated heterocycles. The van der Waals surface area contributed by atoms with Gasteiger partial charge in [0.25, 0.3) is 0 Å². The summed E-state index contributed by atoms with van der Waals surface area (Å²) in [5, 5.41) is 3.11. The van der Waals surface area contributed by atoms with Crippen LogP contribution in [0.2, 0.25) is 0 Å². The third-order valence-electron chi connectivity index (χ3n) is 2.46. The minimum Gasteiger partial charge on any atom is -0.493 e. The molecule has 3 heteroatoms. The van der Waals surface area contributed by atoms with Crippen molar-refractivity contribution in [3.63, 3.8) is 0 Å². The Hall–Kier alpha value is -1.22. The molecule has 1 aliphatic rings. The van der Waals surface area contributed by atoms with Crippen molar-refractivity contribution in [1.29, 1.82) is 0 Å². The fraction of sp³-hybridized carbons (Fsp3) is 0.455. The average molecular weight is 193 g/mol. The van der Waals surface area contributed by atoms with Crippen molar-refractivity contribution in [1.82, 2.24) is 5.32 Å². The molecule has 3 nitrogen and oxygen atoms in total. The lowest BCUT2D eigenvalue weighted by Gasteiger charge is -2.11. The van der Waals surface area contributed by atoms with E-state index in [4.69, 9.17) is 9.47 Å². The summed E-state index contributed by atoms with van der Waals surface area (Å²) < 4.78 is 10.9. The van der Waals surface area contributed by atoms with Crippen molar-refractivity contribution in [2.24, 2.45) is 0 Å². The Balaban J connectivity index is 2.43. The molecule has 0 amide bonds. The molecule has 76 valence electrons. The van der Waals surface area contributed by atoms with E-state index in [9.17, 15) is 0 Å². The highest BCUT2D eigenvalue weighted by atomic mass is 16.5. The van der Waals surface area contributed by atoms with Crippen molar-refractivity contribution >= 4 is 0 Å². The maximum Gasteiger partial charge on any atom is 0.165 e. The predicted octanol–water partition coefficient (Wildman–Crippen LogP) is 1.35. The van der Waals surface area contributed by atoms with Crippen molar-refractivity contribution in [3.05, 3.63) is 23.3 Å². The van der Waals surface area contributed by atoms with E-state index >= 15 is 0 Å². The largest absolute Gasteiger partial charge is 0.493 e. The van der Waals surface area contributed by atoms with Gasteiger partial charge in [-0.25, -0.2) is 0 Å². The molecule has 14 heavy (non-hydrogen) atoms. The summed E-state index contributed by atoms with van der Waals surface area (Å²) in [6, 6.07) is 4.22. The number of methoxy groups -OCH3 is 1. The predicted molar refractivity (Wildman–Crippen MR) is 55.0 cm³/mol. The number of ether oxygens (including phenoxy) is 2. The summed E-state index contributed by atoms with van der Waals surface area (Å²) >= 11 is 0. The highest BCUT2D eigenvalue weighted by molar-refractivity contribution is 5.53. The van der Waals surface area contributed by atoms with Crippen LogP contribution in [0.15, 0.2) is 12.1 Å². The minimum atomic E-state index is 0.773. The average Bonchev–Trinajstić information content (AvgIpc) is 2.66. The number of rotatable bonds is 3. The normalized spacial score (nSPS) is 13.6. The molecule has 1 aromatic carbocycles. The summed E-state index contributed by atoms with van der Waals surface area (Å²) in [7, 11) is 3.62. The van der Waals surface area contributed by atoms with Crippen LogP contribution >= 0.6 is 0 Å². The van der Waals surface area contributed by atoms with Gasteiger partial charge in [-0.15, -0.1) is 0 Å². The Morgan fingerprint density at radius 3 is 3.07 bits per heavy atom. The lowest BCUT2D eigenvalue weighted by Crippen LogP contribution is -2.07. The molecule has 0 bridgehead atoms. The number of hydrogen-bond acceptors (Lipinski definition) is 3. The zero-order valence-electron chi connectivity index (χ0n) is 8.59. The van der Waals surface area contributed by atoms with Crippen LogP contribution in [-0.4, -0.2) is 20.8 Å². The van der Waals surface area contributed by atoms with Crippen molar-refractivity contribution in [2.45, 2.75) is 13.0 Å². The zero-order chi connectivity index (χ0) is 9.97. The van der Waals surface area contributed by atoms with Crippen LogP contribution in [0.5, 0.6) is 11.5 Å². The Morgan fingerprint density at radius 1 is 1.50 bits per heavy atom. The van der Waals surface area contributed by atoms with Crippen LogP contribution < -0.4 is 14.8 Å². The molecule has 0 fully saturated rings. The summed E-state index contributed by atoms with van der Waals surface area (Å²) in [6.07, 6.45) is 0.992. The van der Waals surface area contributed by atoms with Crippen molar-refractivity contribution in [3.8, 4) is 11.5 Å². The summed E-state index contributed by atoms with van der Waals surface area (Å²) in [5.41, 5.74) is 2.40. The van der Waals surface area contributed by atoms with Gasteiger partial charge in [0, 0.05) is 24.1 Å². The van der Waals surface area contributed by atoms with E-state index in [1.54, 1.807) is 7.11 Å². The van der Waals surface area contributed by atoms with Gasteiger partial charge in [0.1, 0.15) is 0 Å². The third-order valence-corrected chi connectivity index (χ3v) is 2.46. The molecule has 0 spiro atoms. The van der Waals surface area contributed by atoms with Gasteiger partial charge in [-0.05, 0) is 7.05 Å². The topological polar surface area (TPSA) is 30.5 Å². The molecule has 0 aromatic heterocycles. The van der Waals surface area contributed by atoms with Crippen LogP contribution in [-0.2, 0) is 13.0 Å². The van der Waals surface area contributed by atoms with E-state index in [0.29, 0.717) is 0 Å². The van der Waals surface area contributed by atoms with Gasteiger partial charge in [-0.3, -0.25) is 0 Å². The van der Waals surface area contributed by atoms with Crippen LogP contribution in [0.4, 0.5) is 0 Å². The Morgan fingerprint density at radius 2 is 2.36 bits per heavy atom. The Kier molecular flexibility index (Phi) is 2.59. The van der Waals surface area contributed by atoms with E-state index in [1.165, 1.54) is 5.56 Å². The van der Waals surface area contributed by atoms with Crippen molar-refractivity contribution < 1.29 is 9.47 Å². The van der Waals surface area contributed by atoms with Crippen LogP contribution in [0.3, 0.4) is 0 Å². The fourth-order valence-electron chi connectivity index (χ4n) is 1.82. The molecule has 1 N–H and O–H groups in total. The first kappa shape index (κ1) is 9.34. The molecule has 0 unspecified atom stereocenters. The fourth-order valence-corrected chi connectivity index (χ4v) is 1.82. The van der Waals surface area contributed by atoms with Gasteiger partial charge < -0.3 is 14.8 Å². The quantitative estimate of drug-likeness (QED) is 0.786. The van der Waals surface area contributed by atoms with Gasteiger partial charge in [0.2, 0.25) is 0 Å². The number of fused-ring (bicyclic) bond motifs is 1. The summed E-state index contributed by atoms with van der Waals surface area (Å²) in [5.74, 6) is 1.81. The van der Waals surface area contributed by atoms with Crippen LogP contribution in [0, 0.1) is 0 Å². The van der Waals surface area contributed by atoms with E-state index < -0.39 is 0 Å². The molecule has 2 rings (SSSR count). The smallest absolute Gasteiger partial charge is 0.165 e. The van der Waals surface area contributed by atoms with E-state index in [0.717, 1.165) is 36.6 Å². The standard InChI is InChI=1S/C11H15NO2/c1-12-7-9-4-3-8-5-6-14-11(8)10(9)13-2/h3-4,12H,5-7H2,1-2H3. The zero-order valence-corrected chi connectivity index (χ0v) is 8.59. The van der Waals surface area contributed by atoms with Crippen LogP contribution in [0.25, 0.3) is 0 Å². The molecule has 0 saturated carbocycles. The number of nitrogens with one attached hydrogen (secondary N) is 1. The first-order valence-electron chi connectivity index (χ1n) is 4.83. The molecule has 1 aromatic rings. The van der Waals surface area contributed by atoms with Gasteiger partial charge in [-0.1, -0.05) is 12.1 Å². The van der Waals surface area contributed by atoms with Gasteiger partial charge in [0.05, 0.1) is 13.7 Å². The molecule has 1 aliphatic heterocycles. The number of benzene rings is 1. The van der Waals surface area contributed by atoms with E-state index in [1.807, 2.05) is 7.05 Å². The molecule has 0 aliphatic carbocycles. The second-order valence-corrected chi connectivity index (χ2v) is 3.37. The molecular formula is C11H15NO2. The highest BCUT2D eigenvalue weighted by Crippen LogP contribution is 2.38. The lowest BCUT2D eigenvalue weighted by molar-refractivity contribution is 0.324. The van der Waals surface area contributed by atoms with Gasteiger partial charge in [0.15, 0.2) is 11.5 Å². The van der Waals surface area contributed by atoms with Gasteiger partial charge >= 0.3 is 0 Å². The first-order valence-corrected chi connectivity index (χ1v) is 4.83. The van der Waals surface area contributed by atoms with Gasteiger partial charge in [-0.2, -0.15) is 0 Å². The molecule has 1 heterocycles. The second kappa shape index (κ2) is 3.88. The van der Waals surface area contributed by atoms with E-state index in [-0.39, 0.29) is 0 Å². The summed E-state index contributed by atoms with van der Waals surface area (Å²) in [6.45, 7) is 1.58. The van der Waals surface area contributed by atoms with Crippen LogP contribution in [0.1, 0.15) is 11.1 Å². The maximum absolute atomic E-state index is 5.55. The maximum atomic E-state index is 5.55. The van der Waals surface area contributed by atoms with E-state index in [2.05, 4.69) is 17.4 Å². The Bertz CT molecular complexity index is 336.